The zero-order chi connectivity index (χ0) is 27.5. The molecule has 0 radical (unpaired) electrons. The van der Waals surface area contributed by atoms with E-state index in [0.717, 1.165) is 26.0 Å². The lowest BCUT2D eigenvalue weighted by Gasteiger charge is -2.37. The van der Waals surface area contributed by atoms with Crippen LogP contribution in [0.25, 0.3) is 16.9 Å². The van der Waals surface area contributed by atoms with Crippen molar-refractivity contribution in [2.75, 3.05) is 63.3 Å². The van der Waals surface area contributed by atoms with Crippen LogP contribution in [0.15, 0.2) is 30.3 Å². The molecule has 3 aliphatic rings. The van der Waals surface area contributed by atoms with Gasteiger partial charge in [-0.05, 0) is 63.1 Å². The summed E-state index contributed by atoms with van der Waals surface area (Å²) in [5.74, 6) is 1.76. The second-order valence-electron chi connectivity index (χ2n) is 11.1. The van der Waals surface area contributed by atoms with Crippen molar-refractivity contribution in [3.05, 3.63) is 36.2 Å². The van der Waals surface area contributed by atoms with Gasteiger partial charge in [0.15, 0.2) is 5.82 Å². The van der Waals surface area contributed by atoms with Gasteiger partial charge in [0.2, 0.25) is 5.95 Å². The molecule has 1 N–H and O–H groups in total. The van der Waals surface area contributed by atoms with Crippen LogP contribution in [0, 0.1) is 5.92 Å². The van der Waals surface area contributed by atoms with Gasteiger partial charge in [-0.1, -0.05) is 12.1 Å². The molecule has 3 aromatic rings. The summed E-state index contributed by atoms with van der Waals surface area (Å²) in [6.45, 7) is 5.33. The Morgan fingerprint density at radius 2 is 1.77 bits per heavy atom. The van der Waals surface area contributed by atoms with Crippen molar-refractivity contribution in [2.24, 2.45) is 5.92 Å². The Morgan fingerprint density at radius 3 is 2.55 bits per heavy atom. The highest BCUT2D eigenvalue weighted by Crippen LogP contribution is 2.33. The maximum atomic E-state index is 14.1. The topological polar surface area (TPSA) is 80.6 Å². The highest BCUT2D eigenvalue weighted by Gasteiger charge is 2.33. The molecule has 2 aliphatic heterocycles. The standard InChI is InChI=1S/C29H39F2N7O2/c1-39-19-22-5-4-12-37(22)21-10-8-20(9-11-21)18-32-29-34-25(36-13-15-40-16-14-36)17-26(35-29)38-24-7-3-2-6-23(24)33-28(38)27(30)31/h2-3,6-7,17,20-22,27H,4-5,8-16,18-19H2,1H3,(H,32,34,35). The second-order valence-corrected chi connectivity index (χ2v) is 11.1. The maximum absolute atomic E-state index is 14.1. The van der Waals surface area contributed by atoms with Gasteiger partial charge in [0.05, 0.1) is 30.9 Å². The number of hydrogen-bond donors (Lipinski definition) is 1. The number of fused-ring (bicyclic) bond motifs is 1. The molecule has 1 saturated carbocycles. The van der Waals surface area contributed by atoms with Gasteiger partial charge in [-0.3, -0.25) is 9.47 Å². The van der Waals surface area contributed by atoms with Crippen molar-refractivity contribution in [3.8, 4) is 5.82 Å². The van der Waals surface area contributed by atoms with E-state index in [4.69, 9.17) is 19.4 Å². The molecule has 1 aliphatic carbocycles. The number of aromatic nitrogens is 4. The number of nitrogens with zero attached hydrogens (tertiary/aromatic N) is 6. The molecule has 216 valence electrons. The van der Waals surface area contributed by atoms with Crippen molar-refractivity contribution in [3.63, 3.8) is 0 Å². The number of halogens is 2. The van der Waals surface area contributed by atoms with Crippen molar-refractivity contribution >= 4 is 22.8 Å². The highest BCUT2D eigenvalue weighted by atomic mass is 19.3. The number of benzene rings is 1. The van der Waals surface area contributed by atoms with Crippen molar-refractivity contribution in [1.82, 2.24) is 24.4 Å². The minimum absolute atomic E-state index is 0.314. The molecule has 0 bridgehead atoms. The molecular formula is C29H39F2N7O2. The van der Waals surface area contributed by atoms with Crippen LogP contribution in [-0.4, -0.2) is 89.6 Å². The minimum Gasteiger partial charge on any atom is -0.383 e. The number of likely N-dealkylation sites (tertiary alicyclic amines) is 1. The van der Waals surface area contributed by atoms with E-state index >= 15 is 0 Å². The van der Waals surface area contributed by atoms with Gasteiger partial charge in [-0.25, -0.2) is 13.8 Å². The quantitative estimate of drug-likeness (QED) is 0.408. The Hall–Kier alpha value is -2.89. The van der Waals surface area contributed by atoms with Crippen LogP contribution in [0.1, 0.15) is 50.8 Å². The first-order valence-electron chi connectivity index (χ1n) is 14.6. The predicted molar refractivity (Wildman–Crippen MR) is 150 cm³/mol. The Kier molecular flexibility index (Phi) is 8.40. The monoisotopic (exact) mass is 555 g/mol. The van der Waals surface area contributed by atoms with Crippen LogP contribution in [0.5, 0.6) is 0 Å². The maximum Gasteiger partial charge on any atom is 0.296 e. The Morgan fingerprint density at radius 1 is 1.00 bits per heavy atom. The summed E-state index contributed by atoms with van der Waals surface area (Å²) in [5, 5.41) is 3.47. The van der Waals surface area contributed by atoms with Crippen LogP contribution in [-0.2, 0) is 9.47 Å². The Bertz CT molecular complexity index is 1270. The third kappa shape index (κ3) is 5.77. The van der Waals surface area contributed by atoms with Gasteiger partial charge in [0.1, 0.15) is 11.6 Å². The van der Waals surface area contributed by atoms with E-state index in [1.54, 1.807) is 31.4 Å². The average Bonchev–Trinajstić information content (AvgIpc) is 3.62. The van der Waals surface area contributed by atoms with Gasteiger partial charge in [0.25, 0.3) is 6.43 Å². The molecule has 2 saturated heterocycles. The summed E-state index contributed by atoms with van der Waals surface area (Å²) in [6.07, 6.45) is 4.41. The number of para-hydroxylation sites is 2. The zero-order valence-electron chi connectivity index (χ0n) is 23.1. The minimum atomic E-state index is -2.74. The van der Waals surface area contributed by atoms with Gasteiger partial charge in [0, 0.05) is 44.9 Å². The summed E-state index contributed by atoms with van der Waals surface area (Å²) in [6, 6.07) is 10.1. The molecule has 6 rings (SSSR count). The molecule has 40 heavy (non-hydrogen) atoms. The molecule has 0 spiro atoms. The van der Waals surface area contributed by atoms with E-state index in [2.05, 4.69) is 20.1 Å². The number of alkyl halides is 2. The van der Waals surface area contributed by atoms with Crippen molar-refractivity contribution in [2.45, 2.75) is 57.0 Å². The number of ether oxygens (including phenoxy) is 2. The van der Waals surface area contributed by atoms with Crippen LogP contribution < -0.4 is 10.2 Å². The highest BCUT2D eigenvalue weighted by molar-refractivity contribution is 5.78. The molecule has 0 amide bonds. The van der Waals surface area contributed by atoms with Gasteiger partial charge in [-0.2, -0.15) is 9.97 Å². The van der Waals surface area contributed by atoms with E-state index in [-0.39, 0.29) is 5.82 Å². The summed E-state index contributed by atoms with van der Waals surface area (Å²) in [7, 11) is 1.80. The summed E-state index contributed by atoms with van der Waals surface area (Å²) in [5.41, 5.74) is 1.11. The van der Waals surface area contributed by atoms with Crippen LogP contribution in [0.3, 0.4) is 0 Å². The fourth-order valence-electron chi connectivity index (χ4n) is 6.63. The van der Waals surface area contributed by atoms with Crippen LogP contribution in [0.4, 0.5) is 20.5 Å². The molecule has 1 unspecified atom stereocenters. The molecular weight excluding hydrogens is 516 g/mol. The van der Waals surface area contributed by atoms with E-state index in [0.29, 0.717) is 72.9 Å². The molecule has 9 nitrogen and oxygen atoms in total. The second kappa shape index (κ2) is 12.3. The third-order valence-electron chi connectivity index (χ3n) is 8.66. The molecule has 2 aromatic heterocycles. The molecule has 11 heteroatoms. The fraction of sp³-hybridized carbons (Fsp3) is 0.621. The number of anilines is 2. The summed E-state index contributed by atoms with van der Waals surface area (Å²) in [4.78, 5) is 18.6. The van der Waals surface area contributed by atoms with Crippen molar-refractivity contribution in [1.29, 1.82) is 0 Å². The Balaban J connectivity index is 1.21. The predicted octanol–water partition coefficient (Wildman–Crippen LogP) is 4.67. The summed E-state index contributed by atoms with van der Waals surface area (Å²) < 4.78 is 40.7. The normalized spacial score (nSPS) is 24.3. The SMILES string of the molecule is COCC1CCCN1C1CCC(CNc2nc(N3CCOCC3)cc(-n3c(C(F)F)nc4ccccc43)n2)CC1. The number of imidazole rings is 1. The number of morpholine rings is 1. The van der Waals surface area contributed by atoms with Crippen LogP contribution in [0.2, 0.25) is 0 Å². The first-order valence-corrected chi connectivity index (χ1v) is 14.6. The van der Waals surface area contributed by atoms with E-state index in [9.17, 15) is 8.78 Å². The van der Waals surface area contributed by atoms with E-state index in [1.807, 2.05) is 6.07 Å². The third-order valence-corrected chi connectivity index (χ3v) is 8.66. The molecule has 1 atom stereocenters. The van der Waals surface area contributed by atoms with Crippen molar-refractivity contribution < 1.29 is 18.3 Å². The first kappa shape index (κ1) is 27.3. The van der Waals surface area contributed by atoms with Gasteiger partial charge < -0.3 is 19.7 Å². The first-order chi connectivity index (χ1) is 19.6. The number of rotatable bonds is 9. The van der Waals surface area contributed by atoms with Crippen LogP contribution >= 0.6 is 0 Å². The van der Waals surface area contributed by atoms with E-state index < -0.39 is 6.43 Å². The summed E-state index contributed by atoms with van der Waals surface area (Å²) >= 11 is 0. The zero-order valence-corrected chi connectivity index (χ0v) is 23.1. The fourth-order valence-corrected chi connectivity index (χ4v) is 6.63. The lowest BCUT2D eigenvalue weighted by Crippen LogP contribution is -2.43. The molecule has 3 fully saturated rings. The molecule has 1 aromatic carbocycles. The number of hydrogen-bond acceptors (Lipinski definition) is 8. The smallest absolute Gasteiger partial charge is 0.296 e. The lowest BCUT2D eigenvalue weighted by molar-refractivity contribution is 0.0688. The molecule has 4 heterocycles. The lowest BCUT2D eigenvalue weighted by atomic mass is 9.85. The van der Waals surface area contributed by atoms with Gasteiger partial charge >= 0.3 is 0 Å². The van der Waals surface area contributed by atoms with Gasteiger partial charge in [-0.15, -0.1) is 0 Å². The average molecular weight is 556 g/mol. The number of methoxy groups -OCH3 is 1. The number of nitrogens with one attached hydrogen (secondary N) is 1. The van der Waals surface area contributed by atoms with E-state index in [1.165, 1.54) is 36.8 Å². The largest absolute Gasteiger partial charge is 0.383 e. The Labute approximate surface area is 233 Å².